The van der Waals surface area contributed by atoms with Crippen LogP contribution in [0, 0.1) is 11.3 Å². The highest BCUT2D eigenvalue weighted by Crippen LogP contribution is 2.29. The Hall–Kier alpha value is -1.02. The Morgan fingerprint density at radius 1 is 1.71 bits per heavy atom. The van der Waals surface area contributed by atoms with Crippen molar-refractivity contribution in [3.05, 3.63) is 22.5 Å². The number of nitrogens with zero attached hydrogens (tertiary/aromatic N) is 2. The number of aromatic nitrogens is 1. The summed E-state index contributed by atoms with van der Waals surface area (Å²) in [6, 6.07) is 3.13. The Balaban J connectivity index is 3.40. The van der Waals surface area contributed by atoms with Gasteiger partial charge in [-0.3, -0.25) is 0 Å². The number of hydrogen-bond acceptors (Lipinski definition) is 4. The predicted octanol–water partition coefficient (Wildman–Crippen LogP) is 1.59. The van der Waals surface area contributed by atoms with Crippen molar-refractivity contribution in [2.45, 2.75) is 12.0 Å². The molecule has 0 radical (unpaired) electrons. The zero-order chi connectivity index (χ0) is 10.9. The zero-order valence-corrected chi connectivity index (χ0v) is 8.76. The Morgan fingerprint density at radius 3 is 2.71 bits per heavy atom. The number of hydrogen-bond donors (Lipinski definition) is 2. The molecule has 1 aromatic heterocycles. The lowest BCUT2D eigenvalue weighted by molar-refractivity contribution is 0.145. The van der Waals surface area contributed by atoms with Crippen LogP contribution in [0.1, 0.15) is 18.2 Å². The number of nitrogen functional groups attached to an aromatic ring is 1. The average Bonchev–Trinajstić information content (AvgIpc) is 2.07. The molecule has 1 aromatic rings. The summed E-state index contributed by atoms with van der Waals surface area (Å²) in [6.07, 6.45) is 0. The molecule has 0 amide bonds. The molecule has 4 nitrogen and oxygen atoms in total. The number of aliphatic hydroxyl groups is 1. The minimum Gasteiger partial charge on any atom is -0.395 e. The summed E-state index contributed by atoms with van der Waals surface area (Å²) < 4.78 is 0. The molecule has 0 aliphatic rings. The van der Waals surface area contributed by atoms with Crippen LogP contribution in [0.25, 0.3) is 0 Å². The van der Waals surface area contributed by atoms with Crippen molar-refractivity contribution in [1.82, 2.24) is 4.98 Å². The summed E-state index contributed by atoms with van der Waals surface area (Å²) in [5.74, 6) is 0. The first-order valence-corrected chi connectivity index (χ1v) is 4.39. The third kappa shape index (κ3) is 2.07. The minimum absolute atomic E-state index is 0.0417. The zero-order valence-electron chi connectivity index (χ0n) is 7.25. The molecule has 0 saturated carbocycles. The third-order valence-electron chi connectivity index (χ3n) is 1.60. The molecule has 6 heteroatoms. The summed E-state index contributed by atoms with van der Waals surface area (Å²) in [4.78, 5) is 3.76. The van der Waals surface area contributed by atoms with Crippen LogP contribution >= 0.6 is 23.2 Å². The highest BCUT2D eigenvalue weighted by molar-refractivity contribution is 6.32. The summed E-state index contributed by atoms with van der Waals surface area (Å²) in [5.41, 5.74) is 5.78. The first-order valence-electron chi connectivity index (χ1n) is 3.64. The summed E-state index contributed by atoms with van der Waals surface area (Å²) >= 11 is 11.2. The van der Waals surface area contributed by atoms with Crippen LogP contribution in [0.5, 0.6) is 0 Å². The Morgan fingerprint density at radius 2 is 2.29 bits per heavy atom. The SMILES string of the molecule is CC(O)(Cl)c1cc(C#N)c(N)c(Cl)n1. The number of pyridine rings is 1. The molecule has 0 aromatic carbocycles. The van der Waals surface area contributed by atoms with Crippen LogP contribution < -0.4 is 5.73 Å². The molecule has 0 fully saturated rings. The molecule has 0 spiro atoms. The maximum absolute atomic E-state index is 9.42. The Labute approximate surface area is 90.9 Å². The van der Waals surface area contributed by atoms with E-state index in [1.54, 1.807) is 0 Å². The molecule has 74 valence electrons. The second-order valence-electron chi connectivity index (χ2n) is 2.82. The van der Waals surface area contributed by atoms with E-state index in [-0.39, 0.29) is 22.1 Å². The van der Waals surface area contributed by atoms with Crippen molar-refractivity contribution < 1.29 is 5.11 Å². The first kappa shape index (κ1) is 11.1. The van der Waals surface area contributed by atoms with Crippen molar-refractivity contribution in [2.75, 3.05) is 5.73 Å². The van der Waals surface area contributed by atoms with Gasteiger partial charge in [0.25, 0.3) is 0 Å². The molecular formula is C8H7Cl2N3O. The van der Waals surface area contributed by atoms with Gasteiger partial charge in [-0.1, -0.05) is 23.2 Å². The van der Waals surface area contributed by atoms with Crippen LogP contribution in [0.3, 0.4) is 0 Å². The molecule has 1 atom stereocenters. The number of rotatable bonds is 1. The topological polar surface area (TPSA) is 82.9 Å². The molecule has 0 aliphatic heterocycles. The van der Waals surface area contributed by atoms with Crippen molar-refractivity contribution in [2.24, 2.45) is 0 Å². The lowest BCUT2D eigenvalue weighted by Gasteiger charge is -2.14. The molecule has 0 saturated heterocycles. The smallest absolute Gasteiger partial charge is 0.178 e. The first-order chi connectivity index (χ1) is 6.36. The van der Waals surface area contributed by atoms with E-state index in [2.05, 4.69) is 4.98 Å². The maximum atomic E-state index is 9.42. The van der Waals surface area contributed by atoms with E-state index in [0.717, 1.165) is 0 Å². The third-order valence-corrected chi connectivity index (χ3v) is 2.08. The predicted molar refractivity (Wildman–Crippen MR) is 53.8 cm³/mol. The van der Waals surface area contributed by atoms with Crippen LogP contribution in [-0.4, -0.2) is 10.1 Å². The average molecular weight is 232 g/mol. The van der Waals surface area contributed by atoms with Gasteiger partial charge in [-0.2, -0.15) is 5.26 Å². The van der Waals surface area contributed by atoms with E-state index in [1.807, 2.05) is 6.07 Å². The number of nitrogens with two attached hydrogens (primary N) is 1. The lowest BCUT2D eigenvalue weighted by atomic mass is 10.1. The van der Waals surface area contributed by atoms with Gasteiger partial charge < -0.3 is 10.8 Å². The highest BCUT2D eigenvalue weighted by Gasteiger charge is 2.23. The second kappa shape index (κ2) is 3.62. The molecule has 1 unspecified atom stereocenters. The van der Waals surface area contributed by atoms with Gasteiger partial charge in [-0.25, -0.2) is 4.98 Å². The molecule has 0 aliphatic carbocycles. The van der Waals surface area contributed by atoms with Crippen molar-refractivity contribution in [3.8, 4) is 6.07 Å². The summed E-state index contributed by atoms with van der Waals surface area (Å²) in [5, 5.41) is 16.4. The van der Waals surface area contributed by atoms with Crippen LogP contribution in [-0.2, 0) is 5.06 Å². The van der Waals surface area contributed by atoms with Gasteiger partial charge in [-0.05, 0) is 13.0 Å². The van der Waals surface area contributed by atoms with Gasteiger partial charge in [0, 0.05) is 0 Å². The normalized spacial score (nSPS) is 14.5. The number of anilines is 1. The molecule has 3 N–H and O–H groups in total. The maximum Gasteiger partial charge on any atom is 0.178 e. The largest absolute Gasteiger partial charge is 0.395 e. The number of alkyl halides is 1. The molecule has 1 heterocycles. The molecule has 0 bridgehead atoms. The van der Waals surface area contributed by atoms with Crippen LogP contribution in [0.15, 0.2) is 6.07 Å². The summed E-state index contributed by atoms with van der Waals surface area (Å²) in [6.45, 7) is 1.32. The van der Waals surface area contributed by atoms with Gasteiger partial charge >= 0.3 is 0 Å². The van der Waals surface area contributed by atoms with E-state index in [9.17, 15) is 5.11 Å². The van der Waals surface area contributed by atoms with E-state index in [0.29, 0.717) is 0 Å². The summed E-state index contributed by atoms with van der Waals surface area (Å²) in [7, 11) is 0. The van der Waals surface area contributed by atoms with Crippen LogP contribution in [0.4, 0.5) is 5.69 Å². The van der Waals surface area contributed by atoms with Crippen LogP contribution in [0.2, 0.25) is 5.15 Å². The van der Waals surface area contributed by atoms with Gasteiger partial charge in [-0.15, -0.1) is 0 Å². The molecule has 14 heavy (non-hydrogen) atoms. The lowest BCUT2D eigenvalue weighted by Crippen LogP contribution is -2.15. The second-order valence-corrected chi connectivity index (χ2v) is 3.92. The van der Waals surface area contributed by atoms with Crippen molar-refractivity contribution in [1.29, 1.82) is 5.26 Å². The van der Waals surface area contributed by atoms with Gasteiger partial charge in [0.1, 0.15) is 6.07 Å². The van der Waals surface area contributed by atoms with E-state index in [4.69, 9.17) is 34.2 Å². The number of halogens is 2. The Bertz CT molecular complexity index is 406. The monoisotopic (exact) mass is 231 g/mol. The molecule has 1 rings (SSSR count). The van der Waals surface area contributed by atoms with Gasteiger partial charge in [0.15, 0.2) is 10.2 Å². The number of nitriles is 1. The van der Waals surface area contributed by atoms with Crippen molar-refractivity contribution in [3.63, 3.8) is 0 Å². The van der Waals surface area contributed by atoms with Gasteiger partial charge in [0.2, 0.25) is 0 Å². The Kier molecular flexibility index (Phi) is 2.86. The fourth-order valence-electron chi connectivity index (χ4n) is 0.850. The standard InChI is InChI=1S/C8H7Cl2N3O/c1-8(10,14)5-2-4(3-11)6(12)7(9)13-5/h2,14H,12H2,1H3. The molecular weight excluding hydrogens is 225 g/mol. The van der Waals surface area contributed by atoms with Gasteiger partial charge in [0.05, 0.1) is 16.9 Å². The fraction of sp³-hybridized carbons (Fsp3) is 0.250. The quantitative estimate of drug-likeness (QED) is 0.568. The highest BCUT2D eigenvalue weighted by atomic mass is 35.5. The van der Waals surface area contributed by atoms with E-state index in [1.165, 1.54) is 13.0 Å². The fourth-order valence-corrected chi connectivity index (χ4v) is 1.14. The van der Waals surface area contributed by atoms with E-state index < -0.39 is 5.06 Å². The minimum atomic E-state index is -1.66. The van der Waals surface area contributed by atoms with E-state index >= 15 is 0 Å². The van der Waals surface area contributed by atoms with Crippen molar-refractivity contribution >= 4 is 28.9 Å².